The van der Waals surface area contributed by atoms with Gasteiger partial charge in [0.25, 0.3) is 0 Å². The van der Waals surface area contributed by atoms with E-state index in [0.29, 0.717) is 5.92 Å². The van der Waals surface area contributed by atoms with Crippen molar-refractivity contribution in [3.8, 4) is 0 Å². The molecule has 0 aliphatic carbocycles. The van der Waals surface area contributed by atoms with E-state index in [-0.39, 0.29) is 0 Å². The quantitative estimate of drug-likeness (QED) is 0.668. The van der Waals surface area contributed by atoms with Crippen molar-refractivity contribution in [3.63, 3.8) is 0 Å². The van der Waals surface area contributed by atoms with E-state index in [0.717, 1.165) is 6.42 Å². The molecular weight excluding hydrogens is 188 g/mol. The van der Waals surface area contributed by atoms with Gasteiger partial charge in [0.15, 0.2) is 0 Å². The standard InChI is InChI=1S/C13H18S/c1-6-10-11(7-2)13(9(4)5)14-12(10)8-3/h6-7,9H,1-2,8H2,3-5H3. The molecule has 0 amide bonds. The maximum Gasteiger partial charge on any atom is 0.0152 e. The van der Waals surface area contributed by atoms with Crippen molar-refractivity contribution in [2.24, 2.45) is 0 Å². The van der Waals surface area contributed by atoms with Gasteiger partial charge in [-0.1, -0.05) is 46.1 Å². The van der Waals surface area contributed by atoms with E-state index >= 15 is 0 Å². The Bertz CT molecular complexity index is 342. The van der Waals surface area contributed by atoms with Crippen LogP contribution in [0, 0.1) is 0 Å². The van der Waals surface area contributed by atoms with Crippen LogP contribution in [0.25, 0.3) is 12.2 Å². The summed E-state index contributed by atoms with van der Waals surface area (Å²) in [6.07, 6.45) is 5.00. The fraction of sp³-hybridized carbons (Fsp3) is 0.385. The molecule has 0 aromatic carbocycles. The molecule has 1 aromatic rings. The van der Waals surface area contributed by atoms with E-state index in [1.807, 2.05) is 23.5 Å². The molecule has 0 unspecified atom stereocenters. The van der Waals surface area contributed by atoms with Crippen molar-refractivity contribution in [1.29, 1.82) is 0 Å². The molecule has 0 radical (unpaired) electrons. The molecule has 0 atom stereocenters. The molecule has 0 aliphatic heterocycles. The first kappa shape index (κ1) is 11.3. The fourth-order valence-corrected chi connectivity index (χ4v) is 2.90. The number of hydrogen-bond donors (Lipinski definition) is 0. The van der Waals surface area contributed by atoms with Crippen molar-refractivity contribution in [2.45, 2.75) is 33.1 Å². The van der Waals surface area contributed by atoms with E-state index in [4.69, 9.17) is 0 Å². The second-order valence-corrected chi connectivity index (χ2v) is 4.77. The molecule has 1 aromatic heterocycles. The summed E-state index contributed by atoms with van der Waals surface area (Å²) in [5.41, 5.74) is 2.58. The highest BCUT2D eigenvalue weighted by Crippen LogP contribution is 2.35. The van der Waals surface area contributed by atoms with Crippen LogP contribution in [0.1, 0.15) is 47.6 Å². The first-order chi connectivity index (χ1) is 6.65. The highest BCUT2D eigenvalue weighted by molar-refractivity contribution is 7.12. The first-order valence-electron chi connectivity index (χ1n) is 5.06. The Hall–Kier alpha value is -0.820. The summed E-state index contributed by atoms with van der Waals surface area (Å²) >= 11 is 1.90. The summed E-state index contributed by atoms with van der Waals surface area (Å²) in [6.45, 7) is 14.4. The van der Waals surface area contributed by atoms with Gasteiger partial charge in [-0.15, -0.1) is 11.3 Å². The lowest BCUT2D eigenvalue weighted by atomic mass is 10.0. The summed E-state index contributed by atoms with van der Waals surface area (Å²) in [5, 5.41) is 0. The highest BCUT2D eigenvalue weighted by atomic mass is 32.1. The maximum absolute atomic E-state index is 3.89. The zero-order valence-corrected chi connectivity index (χ0v) is 10.1. The van der Waals surface area contributed by atoms with Gasteiger partial charge in [0.1, 0.15) is 0 Å². The lowest BCUT2D eigenvalue weighted by molar-refractivity contribution is 0.887. The lowest BCUT2D eigenvalue weighted by Crippen LogP contribution is -1.86. The van der Waals surface area contributed by atoms with E-state index in [9.17, 15) is 0 Å². The van der Waals surface area contributed by atoms with Crippen molar-refractivity contribution < 1.29 is 0 Å². The Morgan fingerprint density at radius 3 is 2.14 bits per heavy atom. The predicted molar refractivity (Wildman–Crippen MR) is 68.0 cm³/mol. The van der Waals surface area contributed by atoms with Crippen LogP contribution in [0.2, 0.25) is 0 Å². The summed E-state index contributed by atoms with van der Waals surface area (Å²) < 4.78 is 0. The van der Waals surface area contributed by atoms with Gasteiger partial charge in [0.05, 0.1) is 0 Å². The lowest BCUT2D eigenvalue weighted by Gasteiger charge is -2.03. The Morgan fingerprint density at radius 1 is 1.21 bits per heavy atom. The highest BCUT2D eigenvalue weighted by Gasteiger charge is 2.14. The smallest absolute Gasteiger partial charge is 0.0152 e. The van der Waals surface area contributed by atoms with Crippen LogP contribution in [-0.4, -0.2) is 0 Å². The fourth-order valence-electron chi connectivity index (χ4n) is 1.65. The molecule has 1 heterocycles. The maximum atomic E-state index is 3.89. The number of thiophene rings is 1. The van der Waals surface area contributed by atoms with Gasteiger partial charge in [0, 0.05) is 9.75 Å². The summed E-state index contributed by atoms with van der Waals surface area (Å²) in [6, 6.07) is 0. The van der Waals surface area contributed by atoms with Gasteiger partial charge in [-0.05, 0) is 23.5 Å². The Kier molecular flexibility index (Phi) is 3.70. The van der Waals surface area contributed by atoms with Crippen LogP contribution in [0.4, 0.5) is 0 Å². The zero-order chi connectivity index (χ0) is 10.7. The minimum Gasteiger partial charge on any atom is -0.144 e. The number of rotatable bonds is 4. The van der Waals surface area contributed by atoms with Crippen molar-refractivity contribution >= 4 is 23.5 Å². The van der Waals surface area contributed by atoms with Crippen LogP contribution in [0.3, 0.4) is 0 Å². The molecule has 0 aliphatic rings. The third kappa shape index (κ3) is 1.83. The van der Waals surface area contributed by atoms with Gasteiger partial charge >= 0.3 is 0 Å². The van der Waals surface area contributed by atoms with Crippen LogP contribution in [0.15, 0.2) is 13.2 Å². The molecule has 0 nitrogen and oxygen atoms in total. The number of hydrogen-bond acceptors (Lipinski definition) is 1. The molecule has 0 spiro atoms. The molecule has 0 fully saturated rings. The molecule has 14 heavy (non-hydrogen) atoms. The molecule has 0 saturated heterocycles. The van der Waals surface area contributed by atoms with Crippen LogP contribution in [-0.2, 0) is 6.42 Å². The second-order valence-electron chi connectivity index (χ2n) is 3.63. The molecule has 1 heteroatoms. The van der Waals surface area contributed by atoms with E-state index in [1.54, 1.807) is 0 Å². The van der Waals surface area contributed by atoms with E-state index in [1.165, 1.54) is 20.9 Å². The minimum atomic E-state index is 0.576. The van der Waals surface area contributed by atoms with Gasteiger partial charge in [-0.2, -0.15) is 0 Å². The SMILES string of the molecule is C=Cc1c(CC)sc(C(C)C)c1C=C. The van der Waals surface area contributed by atoms with Gasteiger partial charge < -0.3 is 0 Å². The van der Waals surface area contributed by atoms with Crippen LogP contribution in [0.5, 0.6) is 0 Å². The second kappa shape index (κ2) is 4.61. The summed E-state index contributed by atoms with van der Waals surface area (Å²) in [5.74, 6) is 0.576. The monoisotopic (exact) mass is 206 g/mol. The van der Waals surface area contributed by atoms with Gasteiger partial charge in [-0.3, -0.25) is 0 Å². The average Bonchev–Trinajstić information content (AvgIpc) is 2.54. The van der Waals surface area contributed by atoms with Crippen LogP contribution < -0.4 is 0 Å². The normalized spacial score (nSPS) is 10.6. The topological polar surface area (TPSA) is 0 Å². The average molecular weight is 206 g/mol. The third-order valence-corrected chi connectivity index (χ3v) is 4.01. The zero-order valence-electron chi connectivity index (χ0n) is 9.26. The molecule has 0 bridgehead atoms. The molecule has 76 valence electrons. The first-order valence-corrected chi connectivity index (χ1v) is 5.87. The minimum absolute atomic E-state index is 0.576. The molecular formula is C13H18S. The Labute approximate surface area is 91.0 Å². The molecule has 1 rings (SSSR count). The van der Waals surface area contributed by atoms with E-state index < -0.39 is 0 Å². The summed E-state index contributed by atoms with van der Waals surface area (Å²) in [7, 11) is 0. The van der Waals surface area contributed by atoms with Crippen LogP contribution >= 0.6 is 11.3 Å². The largest absolute Gasteiger partial charge is 0.144 e. The molecule has 0 N–H and O–H groups in total. The Morgan fingerprint density at radius 2 is 1.79 bits per heavy atom. The summed E-state index contributed by atoms with van der Waals surface area (Å²) in [4.78, 5) is 2.87. The van der Waals surface area contributed by atoms with Gasteiger partial charge in [0.2, 0.25) is 0 Å². The predicted octanol–water partition coefficient (Wildman–Crippen LogP) is 4.72. The van der Waals surface area contributed by atoms with Crippen molar-refractivity contribution in [3.05, 3.63) is 34.0 Å². The molecule has 0 saturated carbocycles. The van der Waals surface area contributed by atoms with Gasteiger partial charge in [-0.25, -0.2) is 0 Å². The van der Waals surface area contributed by atoms with Crippen molar-refractivity contribution in [2.75, 3.05) is 0 Å². The Balaban J connectivity index is 3.38. The van der Waals surface area contributed by atoms with E-state index in [2.05, 4.69) is 33.9 Å². The van der Waals surface area contributed by atoms with Crippen molar-refractivity contribution in [1.82, 2.24) is 0 Å². The third-order valence-electron chi connectivity index (χ3n) is 2.34. The number of aryl methyl sites for hydroxylation is 1.